The van der Waals surface area contributed by atoms with Gasteiger partial charge in [0.1, 0.15) is 5.69 Å². The van der Waals surface area contributed by atoms with E-state index in [1.54, 1.807) is 6.07 Å². The molecule has 0 spiro atoms. The smallest absolute Gasteiger partial charge is 0.115 e. The summed E-state index contributed by atoms with van der Waals surface area (Å²) in [6.07, 6.45) is 1.84. The maximum absolute atomic E-state index is 5.96. The molecule has 1 aromatic heterocycles. The SMILES string of the molecule is CN(C)c1c[nH]nc1-c1cc(Cl)cc(Cl)c1. The van der Waals surface area contributed by atoms with E-state index >= 15 is 0 Å². The molecule has 0 amide bonds. The summed E-state index contributed by atoms with van der Waals surface area (Å²) in [7, 11) is 3.92. The van der Waals surface area contributed by atoms with Crippen LogP contribution in [0.5, 0.6) is 0 Å². The highest BCUT2D eigenvalue weighted by atomic mass is 35.5. The minimum atomic E-state index is 0.607. The summed E-state index contributed by atoms with van der Waals surface area (Å²) >= 11 is 11.9. The third kappa shape index (κ3) is 2.15. The lowest BCUT2D eigenvalue weighted by atomic mass is 10.1. The molecule has 2 rings (SSSR count). The Morgan fingerprint density at radius 1 is 1.12 bits per heavy atom. The maximum atomic E-state index is 5.96. The number of rotatable bonds is 2. The summed E-state index contributed by atoms with van der Waals surface area (Å²) < 4.78 is 0. The first-order valence-electron chi connectivity index (χ1n) is 4.75. The van der Waals surface area contributed by atoms with Crippen molar-refractivity contribution in [3.05, 3.63) is 34.4 Å². The molecular weight excluding hydrogens is 245 g/mol. The van der Waals surface area contributed by atoms with E-state index in [2.05, 4.69) is 10.2 Å². The van der Waals surface area contributed by atoms with Crippen LogP contribution in [0.1, 0.15) is 0 Å². The molecule has 0 fully saturated rings. The number of hydrogen-bond acceptors (Lipinski definition) is 2. The van der Waals surface area contributed by atoms with Gasteiger partial charge in [-0.05, 0) is 18.2 Å². The van der Waals surface area contributed by atoms with Gasteiger partial charge in [-0.3, -0.25) is 5.10 Å². The van der Waals surface area contributed by atoms with Crippen molar-refractivity contribution in [3.8, 4) is 11.3 Å². The Morgan fingerprint density at radius 2 is 1.75 bits per heavy atom. The van der Waals surface area contributed by atoms with Crippen molar-refractivity contribution in [3.63, 3.8) is 0 Å². The van der Waals surface area contributed by atoms with E-state index in [-0.39, 0.29) is 0 Å². The lowest BCUT2D eigenvalue weighted by molar-refractivity contribution is 1.10. The topological polar surface area (TPSA) is 31.9 Å². The van der Waals surface area contributed by atoms with Crippen LogP contribution in [0.3, 0.4) is 0 Å². The zero-order valence-corrected chi connectivity index (χ0v) is 10.5. The van der Waals surface area contributed by atoms with Crippen LogP contribution in [-0.4, -0.2) is 24.3 Å². The van der Waals surface area contributed by atoms with Crippen LogP contribution in [0.15, 0.2) is 24.4 Å². The summed E-state index contributed by atoms with van der Waals surface area (Å²) in [5, 5.41) is 8.26. The van der Waals surface area contributed by atoms with Gasteiger partial charge in [-0.15, -0.1) is 0 Å². The largest absolute Gasteiger partial charge is 0.375 e. The average molecular weight is 256 g/mol. The van der Waals surface area contributed by atoms with Gasteiger partial charge in [0, 0.05) is 35.9 Å². The van der Waals surface area contributed by atoms with Crippen molar-refractivity contribution in [1.82, 2.24) is 10.2 Å². The molecule has 84 valence electrons. The third-order valence-corrected chi connectivity index (χ3v) is 2.67. The zero-order chi connectivity index (χ0) is 11.7. The van der Waals surface area contributed by atoms with Crippen molar-refractivity contribution >= 4 is 28.9 Å². The van der Waals surface area contributed by atoms with Crippen LogP contribution in [-0.2, 0) is 0 Å². The molecule has 0 saturated heterocycles. The molecule has 0 aliphatic rings. The van der Waals surface area contributed by atoms with E-state index in [9.17, 15) is 0 Å². The Bertz CT molecular complexity index is 485. The van der Waals surface area contributed by atoms with Gasteiger partial charge >= 0.3 is 0 Å². The Balaban J connectivity index is 2.54. The van der Waals surface area contributed by atoms with E-state index in [1.165, 1.54) is 0 Å². The molecule has 1 heterocycles. The van der Waals surface area contributed by atoms with Crippen LogP contribution in [0.4, 0.5) is 5.69 Å². The normalized spacial score (nSPS) is 10.5. The first-order chi connectivity index (χ1) is 7.58. The number of nitrogens with one attached hydrogen (secondary N) is 1. The second-order valence-corrected chi connectivity index (χ2v) is 4.54. The van der Waals surface area contributed by atoms with Gasteiger partial charge in [0.05, 0.1) is 5.69 Å². The standard InChI is InChI=1S/C11H11Cl2N3/c1-16(2)10-6-14-15-11(10)7-3-8(12)5-9(13)4-7/h3-6H,1-2H3,(H,14,15). The highest BCUT2D eigenvalue weighted by molar-refractivity contribution is 6.35. The van der Waals surface area contributed by atoms with Crippen molar-refractivity contribution in [2.45, 2.75) is 0 Å². The molecule has 2 aromatic rings. The fourth-order valence-electron chi connectivity index (χ4n) is 1.53. The molecule has 1 N–H and O–H groups in total. The molecule has 0 radical (unpaired) electrons. The summed E-state index contributed by atoms with van der Waals surface area (Å²) in [5.41, 5.74) is 2.75. The van der Waals surface area contributed by atoms with Gasteiger partial charge in [-0.2, -0.15) is 5.10 Å². The predicted octanol–water partition coefficient (Wildman–Crippen LogP) is 3.45. The van der Waals surface area contributed by atoms with E-state index in [4.69, 9.17) is 23.2 Å². The highest BCUT2D eigenvalue weighted by Crippen LogP contribution is 2.31. The molecule has 0 unspecified atom stereocenters. The van der Waals surface area contributed by atoms with Crippen LogP contribution < -0.4 is 4.90 Å². The van der Waals surface area contributed by atoms with Crippen LogP contribution in [0.25, 0.3) is 11.3 Å². The van der Waals surface area contributed by atoms with Crippen molar-refractivity contribution in [2.24, 2.45) is 0 Å². The van der Waals surface area contributed by atoms with Gasteiger partial charge in [0.25, 0.3) is 0 Å². The van der Waals surface area contributed by atoms with Crippen molar-refractivity contribution < 1.29 is 0 Å². The van der Waals surface area contributed by atoms with Gasteiger partial charge < -0.3 is 4.90 Å². The molecule has 1 aromatic carbocycles. The Labute approximate surface area is 104 Å². The van der Waals surface area contributed by atoms with E-state index in [1.807, 2.05) is 37.3 Å². The molecule has 0 bridgehead atoms. The monoisotopic (exact) mass is 255 g/mol. The van der Waals surface area contributed by atoms with Gasteiger partial charge in [0.2, 0.25) is 0 Å². The number of benzene rings is 1. The molecule has 3 nitrogen and oxygen atoms in total. The fourth-order valence-corrected chi connectivity index (χ4v) is 2.05. The van der Waals surface area contributed by atoms with Crippen molar-refractivity contribution in [2.75, 3.05) is 19.0 Å². The summed E-state index contributed by atoms with van der Waals surface area (Å²) in [5.74, 6) is 0. The quantitative estimate of drug-likeness (QED) is 0.892. The van der Waals surface area contributed by atoms with Gasteiger partial charge in [0.15, 0.2) is 0 Å². The number of halogens is 2. The van der Waals surface area contributed by atoms with Crippen molar-refractivity contribution in [1.29, 1.82) is 0 Å². The van der Waals surface area contributed by atoms with Gasteiger partial charge in [-0.1, -0.05) is 23.2 Å². The molecule has 0 atom stereocenters. The molecule has 16 heavy (non-hydrogen) atoms. The zero-order valence-electron chi connectivity index (χ0n) is 8.96. The summed E-state index contributed by atoms with van der Waals surface area (Å²) in [4.78, 5) is 1.98. The number of nitrogens with zero attached hydrogens (tertiary/aromatic N) is 2. The fraction of sp³-hybridized carbons (Fsp3) is 0.182. The summed E-state index contributed by atoms with van der Waals surface area (Å²) in [6, 6.07) is 5.39. The maximum Gasteiger partial charge on any atom is 0.115 e. The third-order valence-electron chi connectivity index (χ3n) is 2.24. The Hall–Kier alpha value is -1.19. The van der Waals surface area contributed by atoms with Crippen LogP contribution in [0.2, 0.25) is 10.0 Å². The van der Waals surface area contributed by atoms with Crippen LogP contribution >= 0.6 is 23.2 Å². The number of H-pyrrole nitrogens is 1. The lowest BCUT2D eigenvalue weighted by Crippen LogP contribution is -2.08. The molecule has 0 aliphatic heterocycles. The minimum absolute atomic E-state index is 0.607. The average Bonchev–Trinajstić information content (AvgIpc) is 2.63. The first kappa shape index (κ1) is 11.3. The van der Waals surface area contributed by atoms with Crippen LogP contribution in [0, 0.1) is 0 Å². The predicted molar refractivity (Wildman–Crippen MR) is 68.4 cm³/mol. The van der Waals surface area contributed by atoms with E-state index in [0.717, 1.165) is 16.9 Å². The molecule has 0 saturated carbocycles. The van der Waals surface area contributed by atoms with E-state index in [0.29, 0.717) is 10.0 Å². The number of hydrogen-bond donors (Lipinski definition) is 1. The Kier molecular flexibility index (Phi) is 3.08. The molecular formula is C11H11Cl2N3. The van der Waals surface area contributed by atoms with E-state index < -0.39 is 0 Å². The second-order valence-electron chi connectivity index (χ2n) is 3.67. The number of aromatic nitrogens is 2. The van der Waals surface area contributed by atoms with Gasteiger partial charge in [-0.25, -0.2) is 0 Å². The second kappa shape index (κ2) is 4.36. The number of aromatic amines is 1. The molecule has 0 aliphatic carbocycles. The molecule has 5 heteroatoms. The first-order valence-corrected chi connectivity index (χ1v) is 5.51. The Morgan fingerprint density at radius 3 is 2.31 bits per heavy atom. The lowest BCUT2D eigenvalue weighted by Gasteiger charge is -2.11. The summed E-state index contributed by atoms with van der Waals surface area (Å²) in [6.45, 7) is 0. The number of anilines is 1. The highest BCUT2D eigenvalue weighted by Gasteiger charge is 2.11. The minimum Gasteiger partial charge on any atom is -0.375 e.